The van der Waals surface area contributed by atoms with Crippen LogP contribution in [0.25, 0.3) is 0 Å². The first-order valence-corrected chi connectivity index (χ1v) is 7.94. The molecule has 0 radical (unpaired) electrons. The van der Waals surface area contributed by atoms with Crippen molar-refractivity contribution in [1.82, 2.24) is 9.78 Å². The van der Waals surface area contributed by atoms with Crippen LogP contribution in [-0.2, 0) is 17.8 Å². The first-order chi connectivity index (χ1) is 11.3. The normalized spacial score (nSPS) is 10.9. The van der Waals surface area contributed by atoms with E-state index in [1.54, 1.807) is 12.1 Å². The van der Waals surface area contributed by atoms with E-state index in [-0.39, 0.29) is 17.9 Å². The molecule has 0 unspecified atom stereocenters. The minimum Gasteiger partial charge on any atom is -0.478 e. The van der Waals surface area contributed by atoms with Crippen LogP contribution in [0.2, 0.25) is 0 Å². The van der Waals surface area contributed by atoms with Gasteiger partial charge in [-0.1, -0.05) is 13.8 Å². The smallest absolute Gasteiger partial charge is 0.335 e. The fourth-order valence-corrected chi connectivity index (χ4v) is 2.58. The van der Waals surface area contributed by atoms with E-state index in [0.717, 1.165) is 23.5 Å². The maximum atomic E-state index is 12.3. The summed E-state index contributed by atoms with van der Waals surface area (Å²) in [6.45, 7) is 8.97. The second-order valence-electron chi connectivity index (χ2n) is 6.33. The van der Waals surface area contributed by atoms with Gasteiger partial charge < -0.3 is 10.4 Å². The Morgan fingerprint density at radius 2 is 1.83 bits per heavy atom. The molecule has 2 rings (SSSR count). The molecule has 0 fully saturated rings. The maximum absolute atomic E-state index is 12.3. The second-order valence-corrected chi connectivity index (χ2v) is 6.33. The highest BCUT2D eigenvalue weighted by molar-refractivity contribution is 5.93. The largest absolute Gasteiger partial charge is 0.478 e. The molecule has 1 aromatic carbocycles. The fourth-order valence-electron chi connectivity index (χ4n) is 2.58. The summed E-state index contributed by atoms with van der Waals surface area (Å²) < 4.78 is 1.95. The predicted molar refractivity (Wildman–Crippen MR) is 92.3 cm³/mol. The number of benzene rings is 1. The Morgan fingerprint density at radius 3 is 2.38 bits per heavy atom. The van der Waals surface area contributed by atoms with E-state index in [1.807, 2.05) is 18.5 Å². The van der Waals surface area contributed by atoms with Crippen molar-refractivity contribution >= 4 is 17.6 Å². The Hall–Kier alpha value is -2.63. The van der Waals surface area contributed by atoms with Gasteiger partial charge in [-0.05, 0) is 44.0 Å². The number of nitrogens with zero attached hydrogens (tertiary/aromatic N) is 2. The Balaban J connectivity index is 2.07. The standard InChI is InChI=1S/C18H23N3O3/c1-11(2)10-21-13(4)16(12(3)20-21)9-17(22)19-15-7-5-14(6-8-15)18(23)24/h5-8,11H,9-10H2,1-4H3,(H,19,22)(H,23,24). The number of carbonyl (C=O) groups excluding carboxylic acids is 1. The Kier molecular flexibility index (Phi) is 5.39. The van der Waals surface area contributed by atoms with Gasteiger partial charge in [-0.3, -0.25) is 9.48 Å². The van der Waals surface area contributed by atoms with Crippen molar-refractivity contribution in [1.29, 1.82) is 0 Å². The predicted octanol–water partition coefficient (Wildman–Crippen LogP) is 3.04. The third-order valence-electron chi connectivity index (χ3n) is 3.82. The van der Waals surface area contributed by atoms with E-state index < -0.39 is 5.97 Å². The van der Waals surface area contributed by atoms with Crippen LogP contribution in [0.15, 0.2) is 24.3 Å². The van der Waals surface area contributed by atoms with Gasteiger partial charge in [0.15, 0.2) is 0 Å². The summed E-state index contributed by atoms with van der Waals surface area (Å²) in [5.41, 5.74) is 3.59. The van der Waals surface area contributed by atoms with Gasteiger partial charge in [0, 0.05) is 23.5 Å². The van der Waals surface area contributed by atoms with Gasteiger partial charge in [0.1, 0.15) is 0 Å². The van der Waals surface area contributed by atoms with Crippen LogP contribution in [-0.4, -0.2) is 26.8 Å². The topological polar surface area (TPSA) is 84.2 Å². The number of amides is 1. The van der Waals surface area contributed by atoms with Gasteiger partial charge in [-0.15, -0.1) is 0 Å². The van der Waals surface area contributed by atoms with E-state index in [4.69, 9.17) is 5.11 Å². The molecule has 0 aliphatic rings. The second kappa shape index (κ2) is 7.29. The highest BCUT2D eigenvalue weighted by Crippen LogP contribution is 2.17. The number of carbonyl (C=O) groups is 2. The summed E-state index contributed by atoms with van der Waals surface area (Å²) in [7, 11) is 0. The number of nitrogens with one attached hydrogen (secondary N) is 1. The third-order valence-corrected chi connectivity index (χ3v) is 3.82. The van der Waals surface area contributed by atoms with Crippen molar-refractivity contribution in [2.45, 2.75) is 40.7 Å². The van der Waals surface area contributed by atoms with Gasteiger partial charge in [-0.2, -0.15) is 5.10 Å². The van der Waals surface area contributed by atoms with Crippen molar-refractivity contribution in [3.8, 4) is 0 Å². The van der Waals surface area contributed by atoms with Crippen LogP contribution in [0.3, 0.4) is 0 Å². The average Bonchev–Trinajstić information content (AvgIpc) is 2.74. The first kappa shape index (κ1) is 17.7. The van der Waals surface area contributed by atoms with E-state index >= 15 is 0 Å². The number of hydrogen-bond acceptors (Lipinski definition) is 3. The molecule has 0 aliphatic carbocycles. The lowest BCUT2D eigenvalue weighted by atomic mass is 10.1. The van der Waals surface area contributed by atoms with Crippen molar-refractivity contribution in [2.24, 2.45) is 5.92 Å². The number of anilines is 1. The summed E-state index contributed by atoms with van der Waals surface area (Å²) in [5, 5.41) is 16.2. The van der Waals surface area contributed by atoms with Gasteiger partial charge in [0.2, 0.25) is 5.91 Å². The molecule has 1 heterocycles. The Labute approximate surface area is 141 Å². The fraction of sp³-hybridized carbons (Fsp3) is 0.389. The minimum absolute atomic E-state index is 0.145. The summed E-state index contributed by atoms with van der Waals surface area (Å²) in [6.07, 6.45) is 0.246. The monoisotopic (exact) mass is 329 g/mol. The molecule has 0 spiro atoms. The van der Waals surface area contributed by atoms with Gasteiger partial charge >= 0.3 is 5.97 Å². The van der Waals surface area contributed by atoms with Crippen LogP contribution in [0.1, 0.15) is 41.2 Å². The molecule has 24 heavy (non-hydrogen) atoms. The van der Waals surface area contributed by atoms with Crippen LogP contribution in [0, 0.1) is 19.8 Å². The Morgan fingerprint density at radius 1 is 1.21 bits per heavy atom. The molecule has 2 aromatic rings. The van der Waals surface area contributed by atoms with E-state index in [2.05, 4.69) is 24.3 Å². The number of aromatic nitrogens is 2. The van der Waals surface area contributed by atoms with Crippen LogP contribution in [0.4, 0.5) is 5.69 Å². The number of carboxylic acids is 1. The van der Waals surface area contributed by atoms with Crippen LogP contribution < -0.4 is 5.32 Å². The maximum Gasteiger partial charge on any atom is 0.335 e. The molecule has 0 saturated carbocycles. The van der Waals surface area contributed by atoms with Crippen molar-refractivity contribution in [3.63, 3.8) is 0 Å². The number of aryl methyl sites for hydroxylation is 1. The lowest BCUT2D eigenvalue weighted by Crippen LogP contribution is -2.15. The quantitative estimate of drug-likeness (QED) is 0.853. The highest BCUT2D eigenvalue weighted by atomic mass is 16.4. The molecule has 0 atom stereocenters. The summed E-state index contributed by atoms with van der Waals surface area (Å²) in [6, 6.07) is 6.11. The van der Waals surface area contributed by atoms with Crippen LogP contribution >= 0.6 is 0 Å². The van der Waals surface area contributed by atoms with Crippen LogP contribution in [0.5, 0.6) is 0 Å². The molecule has 0 aliphatic heterocycles. The molecule has 1 aromatic heterocycles. The lowest BCUT2D eigenvalue weighted by molar-refractivity contribution is -0.115. The zero-order chi connectivity index (χ0) is 17.9. The molecule has 128 valence electrons. The third kappa shape index (κ3) is 4.22. The lowest BCUT2D eigenvalue weighted by Gasteiger charge is -2.08. The van der Waals surface area contributed by atoms with E-state index in [1.165, 1.54) is 12.1 Å². The van der Waals surface area contributed by atoms with Crippen molar-refractivity contribution in [2.75, 3.05) is 5.32 Å². The minimum atomic E-state index is -0.989. The first-order valence-electron chi connectivity index (χ1n) is 7.94. The number of hydrogen-bond donors (Lipinski definition) is 2. The molecule has 6 heteroatoms. The molecular formula is C18H23N3O3. The zero-order valence-corrected chi connectivity index (χ0v) is 14.5. The highest BCUT2D eigenvalue weighted by Gasteiger charge is 2.15. The molecule has 0 bridgehead atoms. The van der Waals surface area contributed by atoms with Gasteiger partial charge in [0.25, 0.3) is 0 Å². The van der Waals surface area contributed by atoms with Gasteiger partial charge in [-0.25, -0.2) is 4.79 Å². The molecule has 1 amide bonds. The zero-order valence-electron chi connectivity index (χ0n) is 14.5. The van der Waals surface area contributed by atoms with E-state index in [9.17, 15) is 9.59 Å². The molecule has 2 N–H and O–H groups in total. The van der Waals surface area contributed by atoms with E-state index in [0.29, 0.717) is 11.6 Å². The number of aromatic carboxylic acids is 1. The summed E-state index contributed by atoms with van der Waals surface area (Å²) in [5.74, 6) is -0.650. The SMILES string of the molecule is Cc1nn(CC(C)C)c(C)c1CC(=O)Nc1ccc(C(=O)O)cc1. The molecule has 0 saturated heterocycles. The molecular weight excluding hydrogens is 306 g/mol. The van der Waals surface area contributed by atoms with Gasteiger partial charge in [0.05, 0.1) is 17.7 Å². The molecule has 6 nitrogen and oxygen atoms in total. The summed E-state index contributed by atoms with van der Waals surface area (Å²) in [4.78, 5) is 23.1. The number of carboxylic acid groups (broad SMARTS) is 1. The van der Waals surface area contributed by atoms with Crippen molar-refractivity contribution in [3.05, 3.63) is 46.8 Å². The average molecular weight is 329 g/mol. The van der Waals surface area contributed by atoms with Crippen molar-refractivity contribution < 1.29 is 14.7 Å². The summed E-state index contributed by atoms with van der Waals surface area (Å²) >= 11 is 0. The Bertz CT molecular complexity index is 746. The number of rotatable bonds is 6.